The van der Waals surface area contributed by atoms with Crippen LogP contribution in [0.25, 0.3) is 0 Å². The van der Waals surface area contributed by atoms with Crippen LogP contribution in [0.3, 0.4) is 0 Å². The van der Waals surface area contributed by atoms with Gasteiger partial charge in [-0.25, -0.2) is 4.98 Å². The fraction of sp³-hybridized carbons (Fsp3) is 0.667. The molecule has 1 aliphatic carbocycles. The minimum Gasteiger partial charge on any atom is -0.391 e. The van der Waals surface area contributed by atoms with Crippen molar-refractivity contribution in [2.24, 2.45) is 0 Å². The molecule has 0 spiro atoms. The number of aliphatic hydroxyl groups excluding tert-OH is 1. The van der Waals surface area contributed by atoms with Gasteiger partial charge < -0.3 is 10.0 Å². The Labute approximate surface area is 104 Å². The summed E-state index contributed by atoms with van der Waals surface area (Å²) in [5, 5.41) is 10.5. The van der Waals surface area contributed by atoms with E-state index in [1.165, 1.54) is 23.4 Å². The van der Waals surface area contributed by atoms with Crippen LogP contribution in [0.1, 0.15) is 28.4 Å². The van der Waals surface area contributed by atoms with E-state index in [2.05, 4.69) is 4.98 Å². The first-order chi connectivity index (χ1) is 8.22. The number of thiazole rings is 1. The number of amides is 1. The second kappa shape index (κ2) is 4.38. The second-order valence-corrected chi connectivity index (χ2v) is 5.95. The van der Waals surface area contributed by atoms with E-state index in [1.54, 1.807) is 16.2 Å². The van der Waals surface area contributed by atoms with Crippen molar-refractivity contribution in [1.29, 1.82) is 0 Å². The lowest BCUT2D eigenvalue weighted by Gasteiger charge is -2.14. The van der Waals surface area contributed by atoms with Gasteiger partial charge in [0, 0.05) is 24.4 Å². The van der Waals surface area contributed by atoms with Gasteiger partial charge in [-0.05, 0) is 19.3 Å². The highest BCUT2D eigenvalue weighted by Crippen LogP contribution is 2.27. The molecule has 1 fully saturated rings. The molecule has 17 heavy (non-hydrogen) atoms. The van der Waals surface area contributed by atoms with Crippen molar-refractivity contribution in [1.82, 2.24) is 9.88 Å². The zero-order valence-corrected chi connectivity index (χ0v) is 10.5. The molecule has 1 N–H and O–H groups in total. The molecule has 1 aromatic rings. The third-order valence-corrected chi connectivity index (χ3v) is 4.65. The average Bonchev–Trinajstić information content (AvgIpc) is 2.89. The number of likely N-dealkylation sites (tertiary alicyclic amines) is 1. The van der Waals surface area contributed by atoms with E-state index >= 15 is 0 Å². The summed E-state index contributed by atoms with van der Waals surface area (Å²) in [6.07, 6.45) is 4.18. The number of rotatable bonds is 3. The van der Waals surface area contributed by atoms with Crippen molar-refractivity contribution >= 4 is 17.2 Å². The molecule has 0 aromatic carbocycles. The fourth-order valence-corrected chi connectivity index (χ4v) is 3.69. The highest BCUT2D eigenvalue weighted by molar-refractivity contribution is 7.11. The molecule has 92 valence electrons. The predicted molar refractivity (Wildman–Crippen MR) is 65.0 cm³/mol. The third-order valence-electron chi connectivity index (χ3n) is 3.43. The maximum absolute atomic E-state index is 11.5. The van der Waals surface area contributed by atoms with Crippen molar-refractivity contribution in [2.45, 2.75) is 38.2 Å². The van der Waals surface area contributed by atoms with Gasteiger partial charge in [-0.2, -0.15) is 0 Å². The molecule has 1 saturated heterocycles. The Balaban J connectivity index is 1.58. The number of carbonyl (C=O) groups is 1. The molecule has 1 aromatic heterocycles. The first-order valence-electron chi connectivity index (χ1n) is 6.15. The lowest BCUT2D eigenvalue weighted by atomic mass is 10.3. The molecule has 4 nitrogen and oxygen atoms in total. The summed E-state index contributed by atoms with van der Waals surface area (Å²) in [7, 11) is 0. The topological polar surface area (TPSA) is 53.4 Å². The zero-order valence-electron chi connectivity index (χ0n) is 9.69. The maximum atomic E-state index is 11.5. The molecule has 0 bridgehead atoms. The van der Waals surface area contributed by atoms with E-state index in [9.17, 15) is 9.90 Å². The van der Waals surface area contributed by atoms with Crippen molar-refractivity contribution in [3.05, 3.63) is 15.6 Å². The molecule has 2 aliphatic rings. The number of carbonyl (C=O) groups excluding carboxylic acids is 1. The number of nitrogens with zero attached hydrogens (tertiary/aromatic N) is 2. The first-order valence-corrected chi connectivity index (χ1v) is 6.97. The summed E-state index contributed by atoms with van der Waals surface area (Å²) in [5.41, 5.74) is 1.28. The van der Waals surface area contributed by atoms with Crippen LogP contribution in [0.2, 0.25) is 0 Å². The van der Waals surface area contributed by atoms with Gasteiger partial charge >= 0.3 is 0 Å². The van der Waals surface area contributed by atoms with Crippen LogP contribution in [-0.4, -0.2) is 40.1 Å². The largest absolute Gasteiger partial charge is 0.391 e. The van der Waals surface area contributed by atoms with Crippen molar-refractivity contribution in [2.75, 3.05) is 13.1 Å². The predicted octanol–water partition coefficient (Wildman–Crippen LogP) is 0.768. The quantitative estimate of drug-likeness (QED) is 0.864. The lowest BCUT2D eigenvalue weighted by molar-refractivity contribution is -0.127. The van der Waals surface area contributed by atoms with Crippen LogP contribution >= 0.6 is 11.3 Å². The van der Waals surface area contributed by atoms with Gasteiger partial charge in [-0.1, -0.05) is 0 Å². The number of aliphatic hydroxyl groups is 1. The van der Waals surface area contributed by atoms with Crippen molar-refractivity contribution in [3.8, 4) is 0 Å². The molecule has 1 unspecified atom stereocenters. The molecular weight excluding hydrogens is 236 g/mol. The van der Waals surface area contributed by atoms with Crippen LogP contribution in [0.15, 0.2) is 0 Å². The third kappa shape index (κ3) is 2.21. The summed E-state index contributed by atoms with van der Waals surface area (Å²) >= 11 is 1.80. The molecule has 0 saturated carbocycles. The molecule has 1 amide bonds. The van der Waals surface area contributed by atoms with E-state index in [0.29, 0.717) is 13.1 Å². The molecule has 5 heteroatoms. The number of fused-ring (bicyclic) bond motifs is 1. The normalized spacial score (nSPS) is 23.5. The zero-order chi connectivity index (χ0) is 11.8. The van der Waals surface area contributed by atoms with Gasteiger partial charge in [0.25, 0.3) is 0 Å². The molecular formula is C12H16N2O2S. The summed E-state index contributed by atoms with van der Waals surface area (Å²) < 4.78 is 0. The number of hydrogen-bond acceptors (Lipinski definition) is 4. The van der Waals surface area contributed by atoms with Gasteiger partial charge in [0.15, 0.2) is 0 Å². The summed E-state index contributed by atoms with van der Waals surface area (Å²) in [6.45, 7) is 1.19. The van der Waals surface area contributed by atoms with Crippen molar-refractivity contribution < 1.29 is 9.90 Å². The summed E-state index contributed by atoms with van der Waals surface area (Å²) in [6, 6.07) is 0. The number of β-amino-alcohol motifs (C(OH)–C–C–N with tert-alkyl or cyclic N) is 1. The van der Waals surface area contributed by atoms with Crippen molar-refractivity contribution in [3.63, 3.8) is 0 Å². The van der Waals surface area contributed by atoms with Crippen LogP contribution < -0.4 is 0 Å². The van der Waals surface area contributed by atoms with Crippen LogP contribution in [-0.2, 0) is 24.1 Å². The SMILES string of the molecule is O=C1CC(O)CN1CCc1nc2c(s1)CCC2. The maximum Gasteiger partial charge on any atom is 0.225 e. The Kier molecular flexibility index (Phi) is 2.88. The number of hydrogen-bond donors (Lipinski definition) is 1. The van der Waals surface area contributed by atoms with Gasteiger partial charge in [-0.15, -0.1) is 11.3 Å². The highest BCUT2D eigenvalue weighted by Gasteiger charge is 2.27. The lowest BCUT2D eigenvalue weighted by Crippen LogP contribution is -2.28. The Morgan fingerprint density at radius 2 is 2.35 bits per heavy atom. The van der Waals surface area contributed by atoms with Gasteiger partial charge in [0.1, 0.15) is 0 Å². The minimum atomic E-state index is -0.469. The van der Waals surface area contributed by atoms with Gasteiger partial charge in [0.05, 0.1) is 23.2 Å². The average molecular weight is 252 g/mol. The van der Waals surface area contributed by atoms with Crippen LogP contribution in [0.4, 0.5) is 0 Å². The Morgan fingerprint density at radius 3 is 3.06 bits per heavy atom. The van der Waals surface area contributed by atoms with E-state index in [-0.39, 0.29) is 12.3 Å². The standard InChI is InChI=1S/C12H16N2O2S/c15-8-6-12(16)14(7-8)5-4-11-13-9-2-1-3-10(9)17-11/h8,15H,1-7H2. The minimum absolute atomic E-state index is 0.0709. The van der Waals surface area contributed by atoms with E-state index in [0.717, 1.165) is 17.8 Å². The monoisotopic (exact) mass is 252 g/mol. The number of aryl methyl sites for hydroxylation is 2. The van der Waals surface area contributed by atoms with Gasteiger partial charge in [0.2, 0.25) is 5.91 Å². The smallest absolute Gasteiger partial charge is 0.225 e. The summed E-state index contributed by atoms with van der Waals surface area (Å²) in [5.74, 6) is 0.0709. The fourth-order valence-electron chi connectivity index (χ4n) is 2.55. The highest BCUT2D eigenvalue weighted by atomic mass is 32.1. The van der Waals surface area contributed by atoms with Gasteiger partial charge in [-0.3, -0.25) is 4.79 Å². The molecule has 3 rings (SSSR count). The Morgan fingerprint density at radius 1 is 1.47 bits per heavy atom. The molecule has 1 aliphatic heterocycles. The Hall–Kier alpha value is -0.940. The summed E-state index contributed by atoms with van der Waals surface area (Å²) in [4.78, 5) is 19.3. The molecule has 2 heterocycles. The second-order valence-electron chi connectivity index (χ2n) is 4.78. The van der Waals surface area contributed by atoms with E-state index in [1.807, 2.05) is 0 Å². The van der Waals surface area contributed by atoms with Crippen LogP contribution in [0, 0.1) is 0 Å². The Bertz CT molecular complexity index is 422. The first kappa shape index (κ1) is 11.2. The number of aromatic nitrogens is 1. The molecule has 0 radical (unpaired) electrons. The van der Waals surface area contributed by atoms with E-state index in [4.69, 9.17) is 0 Å². The molecule has 1 atom stereocenters. The van der Waals surface area contributed by atoms with E-state index < -0.39 is 6.10 Å². The van der Waals surface area contributed by atoms with Crippen LogP contribution in [0.5, 0.6) is 0 Å².